The molecule has 1 fully saturated rings. The van der Waals surface area contributed by atoms with Crippen molar-refractivity contribution in [1.82, 2.24) is 19.5 Å². The highest BCUT2D eigenvalue weighted by Gasteiger charge is 2.53. The lowest BCUT2D eigenvalue weighted by atomic mass is 9.98. The number of terminal acetylenes is 1. The van der Waals surface area contributed by atoms with Crippen LogP contribution in [0.15, 0.2) is 6.33 Å². The average Bonchev–Trinajstić information content (AvgIpc) is 3.70. The van der Waals surface area contributed by atoms with Gasteiger partial charge in [0.25, 0.3) is 0 Å². The Hall–Kier alpha value is -3.66. The molecule has 0 unspecified atom stereocenters. The summed E-state index contributed by atoms with van der Waals surface area (Å²) < 4.78 is 43.4. The summed E-state index contributed by atoms with van der Waals surface area (Å²) in [6, 6.07) is 0. The number of hydrogen-bond acceptors (Lipinski definition) is 11. The van der Waals surface area contributed by atoms with Crippen LogP contribution in [0.3, 0.4) is 0 Å². The number of hydrogen-bond donors (Lipinski definition) is 1. The third-order valence-corrected chi connectivity index (χ3v) is 9.34. The molecule has 1 aliphatic rings. The summed E-state index contributed by atoms with van der Waals surface area (Å²) in [5.74, 6) is 2.38. The number of nitrogens with zero attached hydrogens (tertiary/aromatic N) is 4. The van der Waals surface area contributed by atoms with Crippen LogP contribution in [0.2, 0.25) is 0 Å². The maximum atomic E-state index is 14.1. The first-order chi connectivity index (χ1) is 24.8. The Balaban J connectivity index is 1.50. The van der Waals surface area contributed by atoms with Gasteiger partial charge in [-0.25, -0.2) is 14.6 Å². The number of imidazole rings is 1. The van der Waals surface area contributed by atoms with Gasteiger partial charge in [-0.3, -0.25) is 4.57 Å². The lowest BCUT2D eigenvalue weighted by molar-refractivity contribution is -0.105. The molecule has 0 aliphatic carbocycles. The van der Waals surface area contributed by atoms with Crippen LogP contribution in [-0.4, -0.2) is 63.4 Å². The number of aromatic nitrogens is 4. The quantitative estimate of drug-likeness (QED) is 0.0429. The van der Waals surface area contributed by atoms with E-state index in [4.69, 9.17) is 35.8 Å². The van der Waals surface area contributed by atoms with Crippen molar-refractivity contribution in [3.63, 3.8) is 0 Å². The molecule has 2 aromatic rings. The molecule has 51 heavy (non-hydrogen) atoms. The van der Waals surface area contributed by atoms with Gasteiger partial charge in [-0.2, -0.15) is 14.4 Å². The summed E-state index contributed by atoms with van der Waals surface area (Å²) in [6.45, 7) is 4.37. The molecule has 1 aliphatic heterocycles. The van der Waals surface area contributed by atoms with E-state index in [1.54, 1.807) is 0 Å². The largest absolute Gasteiger partial charge is 0.508 e. The summed E-state index contributed by atoms with van der Waals surface area (Å²) in [6.07, 6.45) is 25.5. The molecule has 0 spiro atoms. The average molecular weight is 718 g/mol. The van der Waals surface area contributed by atoms with Crippen LogP contribution in [0.5, 0.6) is 0 Å². The molecular weight excluding hydrogens is 657 g/mol. The first-order valence-corrected chi connectivity index (χ1v) is 19.3. The van der Waals surface area contributed by atoms with Crippen molar-refractivity contribution >= 4 is 29.3 Å². The van der Waals surface area contributed by atoms with Crippen LogP contribution >= 0.6 is 0 Å². The minimum atomic E-state index is -1.70. The van der Waals surface area contributed by atoms with Gasteiger partial charge in [0.15, 0.2) is 23.1 Å². The van der Waals surface area contributed by atoms with E-state index in [0.717, 1.165) is 38.5 Å². The number of nitrogens with two attached hydrogens (primary N) is 1. The van der Waals surface area contributed by atoms with E-state index in [2.05, 4.69) is 34.7 Å². The van der Waals surface area contributed by atoms with Gasteiger partial charge in [0, 0.05) is 6.42 Å². The number of fused-ring (bicyclic) bond motifs is 1. The second-order valence-corrected chi connectivity index (χ2v) is 13.5. The van der Waals surface area contributed by atoms with Gasteiger partial charge >= 0.3 is 18.4 Å². The molecule has 2 aromatic heterocycles. The van der Waals surface area contributed by atoms with Gasteiger partial charge in [0.05, 0.1) is 19.5 Å². The summed E-state index contributed by atoms with van der Waals surface area (Å²) in [5.41, 5.74) is 4.37. The van der Waals surface area contributed by atoms with Crippen LogP contribution < -0.4 is 5.73 Å². The van der Waals surface area contributed by atoms with Gasteiger partial charge in [-0.05, 0) is 12.8 Å². The van der Waals surface area contributed by atoms with Gasteiger partial charge < -0.3 is 29.4 Å². The van der Waals surface area contributed by atoms with Crippen LogP contribution in [-0.2, 0) is 23.7 Å². The highest BCUT2D eigenvalue weighted by Crippen LogP contribution is 2.40. The predicted molar refractivity (Wildman–Crippen MR) is 193 cm³/mol. The van der Waals surface area contributed by atoms with E-state index < -0.39 is 42.9 Å². The van der Waals surface area contributed by atoms with Crippen LogP contribution in [0.1, 0.15) is 155 Å². The zero-order valence-electron chi connectivity index (χ0n) is 30.9. The second kappa shape index (κ2) is 23.7. The smallest absolute Gasteiger partial charge is 0.434 e. The van der Waals surface area contributed by atoms with Crippen molar-refractivity contribution in [2.24, 2.45) is 0 Å². The molecule has 0 aromatic carbocycles. The number of unbranched alkanes of at least 4 members (excludes halogenated alkanes) is 18. The SMILES string of the molecule is C#C[C@]1(COC(=O)OCCCCCCCCCCCC)O[C@@H](n2cnc3c(N)nc(F)nc32)C[C@@H]1OC(=O)OCCCCCCCCCCCC. The minimum absolute atomic E-state index is 0.00551. The Morgan fingerprint density at radius 2 is 1.35 bits per heavy atom. The van der Waals surface area contributed by atoms with E-state index in [1.165, 1.54) is 94.4 Å². The molecule has 3 atom stereocenters. The minimum Gasteiger partial charge on any atom is -0.434 e. The zero-order chi connectivity index (χ0) is 36.7. The number of halogens is 1. The monoisotopic (exact) mass is 717 g/mol. The Morgan fingerprint density at radius 1 is 0.843 bits per heavy atom. The highest BCUT2D eigenvalue weighted by atomic mass is 19.1. The highest BCUT2D eigenvalue weighted by molar-refractivity contribution is 5.81. The summed E-state index contributed by atoms with van der Waals surface area (Å²) >= 11 is 0. The van der Waals surface area contributed by atoms with E-state index >= 15 is 0 Å². The Morgan fingerprint density at radius 3 is 1.88 bits per heavy atom. The summed E-state index contributed by atoms with van der Waals surface area (Å²) in [7, 11) is 0. The molecule has 0 radical (unpaired) electrons. The fourth-order valence-corrected chi connectivity index (χ4v) is 6.32. The Kier molecular flexibility index (Phi) is 19.4. The van der Waals surface area contributed by atoms with Gasteiger partial charge in [0.2, 0.25) is 5.60 Å². The number of carbonyl (C=O) groups is 2. The molecule has 0 bridgehead atoms. The summed E-state index contributed by atoms with van der Waals surface area (Å²) in [4.78, 5) is 36.9. The van der Waals surface area contributed by atoms with Crippen LogP contribution in [0.4, 0.5) is 19.8 Å². The predicted octanol–water partition coefficient (Wildman–Crippen LogP) is 9.36. The Labute approximate surface area is 303 Å². The number of carbonyl (C=O) groups excluding carboxylic acids is 2. The molecule has 12 nitrogen and oxygen atoms in total. The molecule has 3 rings (SSSR count). The van der Waals surface area contributed by atoms with Crippen molar-refractivity contribution in [2.45, 2.75) is 167 Å². The molecule has 3 heterocycles. The van der Waals surface area contributed by atoms with Gasteiger partial charge in [-0.1, -0.05) is 135 Å². The maximum Gasteiger partial charge on any atom is 0.508 e. The lowest BCUT2D eigenvalue weighted by Gasteiger charge is -2.28. The van der Waals surface area contributed by atoms with E-state index in [0.29, 0.717) is 6.42 Å². The maximum absolute atomic E-state index is 14.1. The lowest BCUT2D eigenvalue weighted by Crippen LogP contribution is -2.45. The zero-order valence-corrected chi connectivity index (χ0v) is 30.9. The molecule has 1 saturated heterocycles. The van der Waals surface area contributed by atoms with Crippen molar-refractivity contribution in [3.8, 4) is 12.3 Å². The molecule has 13 heteroatoms. The van der Waals surface area contributed by atoms with E-state index in [1.807, 2.05) is 0 Å². The topological polar surface area (TPSA) is 150 Å². The van der Waals surface area contributed by atoms with Crippen molar-refractivity contribution < 1.29 is 37.7 Å². The molecule has 2 N–H and O–H groups in total. The first-order valence-electron chi connectivity index (χ1n) is 19.3. The third-order valence-electron chi connectivity index (χ3n) is 9.34. The van der Waals surface area contributed by atoms with E-state index in [-0.39, 0.29) is 36.6 Å². The normalized spacial score (nSPS) is 18.5. The van der Waals surface area contributed by atoms with E-state index in [9.17, 15) is 14.0 Å². The standard InChI is InChI=1S/C38H60FN5O7/c1-4-7-9-11-13-15-17-19-21-23-25-47-36(45)49-28-38(6-3)30(50-37(46)48-26-24-22-20-18-16-14-12-10-8-5-2)27-31(51-38)44-29-41-32-33(40)42-35(39)43-34(32)44/h3,29-31H,4-5,7-28H2,1-2H3,(H2,40,42,43)/t30-,31+,38+/m0/s1. The van der Waals surface area contributed by atoms with Crippen molar-refractivity contribution in [2.75, 3.05) is 25.6 Å². The number of anilines is 1. The second-order valence-electron chi connectivity index (χ2n) is 13.5. The van der Waals surface area contributed by atoms with Crippen molar-refractivity contribution in [3.05, 3.63) is 12.4 Å². The third kappa shape index (κ3) is 14.5. The molecule has 286 valence electrons. The first kappa shape index (κ1) is 41.8. The number of rotatable bonds is 26. The van der Waals surface area contributed by atoms with Gasteiger partial charge in [-0.15, -0.1) is 6.42 Å². The summed E-state index contributed by atoms with van der Waals surface area (Å²) in [5, 5.41) is 0. The fraction of sp³-hybridized carbons (Fsp3) is 0.763. The molecular formula is C38H60FN5O7. The molecule has 0 saturated carbocycles. The van der Waals surface area contributed by atoms with Crippen LogP contribution in [0, 0.1) is 18.4 Å². The number of nitrogen functional groups attached to an aromatic ring is 1. The Bertz CT molecular complexity index is 1350. The molecule has 0 amide bonds. The number of ether oxygens (including phenoxy) is 5. The van der Waals surface area contributed by atoms with Gasteiger partial charge in [0.1, 0.15) is 12.8 Å². The fourth-order valence-electron chi connectivity index (χ4n) is 6.32. The van der Waals surface area contributed by atoms with Crippen LogP contribution in [0.25, 0.3) is 11.2 Å². The van der Waals surface area contributed by atoms with Crippen molar-refractivity contribution in [1.29, 1.82) is 0 Å².